The van der Waals surface area contributed by atoms with Crippen molar-refractivity contribution < 1.29 is 9.53 Å². The van der Waals surface area contributed by atoms with Gasteiger partial charge in [-0.15, -0.1) is 0 Å². The van der Waals surface area contributed by atoms with Crippen LogP contribution in [0.5, 0.6) is 0 Å². The van der Waals surface area contributed by atoms with Gasteiger partial charge in [-0.3, -0.25) is 0 Å². The number of nitrogens with two attached hydrogens (primary N) is 1. The van der Waals surface area contributed by atoms with Gasteiger partial charge in [0.05, 0.1) is 0 Å². The van der Waals surface area contributed by atoms with E-state index in [2.05, 4.69) is 11.4 Å². The number of amides is 1. The second-order valence-electron chi connectivity index (χ2n) is 4.08. The molecular formula is C12H22N2O2. The molecular weight excluding hydrogens is 204 g/mol. The first-order valence-electron chi connectivity index (χ1n) is 6.14. The lowest BCUT2D eigenvalue weighted by Crippen LogP contribution is -2.30. The maximum absolute atomic E-state index is 11.4. The molecule has 92 valence electrons. The number of hydrogen-bond acceptors (Lipinski definition) is 3. The molecule has 1 unspecified atom stereocenters. The third-order valence-electron chi connectivity index (χ3n) is 2.62. The van der Waals surface area contributed by atoms with Gasteiger partial charge in [0.1, 0.15) is 6.10 Å². The average molecular weight is 226 g/mol. The van der Waals surface area contributed by atoms with Gasteiger partial charge >= 0.3 is 6.09 Å². The molecule has 0 aromatic rings. The zero-order chi connectivity index (χ0) is 11.6. The number of carbonyl (C=O) groups is 1. The first kappa shape index (κ1) is 13.0. The van der Waals surface area contributed by atoms with Gasteiger partial charge < -0.3 is 15.8 Å². The highest BCUT2D eigenvalue weighted by molar-refractivity contribution is 5.67. The van der Waals surface area contributed by atoms with E-state index in [-0.39, 0.29) is 12.2 Å². The normalized spacial score (nSPS) is 22.9. The minimum Gasteiger partial charge on any atom is -0.442 e. The summed E-state index contributed by atoms with van der Waals surface area (Å²) in [5.41, 5.74) is 5.33. The molecule has 1 aliphatic rings. The van der Waals surface area contributed by atoms with Crippen LogP contribution in [0, 0.1) is 0 Å². The van der Waals surface area contributed by atoms with Crippen molar-refractivity contribution in [2.75, 3.05) is 13.1 Å². The van der Waals surface area contributed by atoms with Gasteiger partial charge in [-0.25, -0.2) is 4.79 Å². The Morgan fingerprint density at radius 2 is 2.31 bits per heavy atom. The van der Waals surface area contributed by atoms with E-state index in [0.717, 1.165) is 25.7 Å². The lowest BCUT2D eigenvalue weighted by molar-refractivity contribution is 0.113. The van der Waals surface area contributed by atoms with Crippen molar-refractivity contribution in [3.05, 3.63) is 12.2 Å². The predicted octanol–water partition coefficient (Wildman–Crippen LogP) is 1.95. The predicted molar refractivity (Wildman–Crippen MR) is 64.2 cm³/mol. The van der Waals surface area contributed by atoms with E-state index >= 15 is 0 Å². The minimum atomic E-state index is -0.330. The molecule has 3 N–H and O–H groups in total. The SMILES string of the molecule is NCCCNC(=O)OC1/C=C/CCCCC1. The summed E-state index contributed by atoms with van der Waals surface area (Å²) < 4.78 is 5.30. The van der Waals surface area contributed by atoms with Crippen LogP contribution in [0.4, 0.5) is 4.79 Å². The molecule has 4 heteroatoms. The van der Waals surface area contributed by atoms with E-state index in [1.807, 2.05) is 6.08 Å². The fourth-order valence-corrected chi connectivity index (χ4v) is 1.70. The van der Waals surface area contributed by atoms with Crippen LogP contribution in [0.25, 0.3) is 0 Å². The third kappa shape index (κ3) is 5.75. The van der Waals surface area contributed by atoms with Gasteiger partial charge in [0.25, 0.3) is 0 Å². The van der Waals surface area contributed by atoms with E-state index in [4.69, 9.17) is 10.5 Å². The van der Waals surface area contributed by atoms with Crippen molar-refractivity contribution >= 4 is 6.09 Å². The highest BCUT2D eigenvalue weighted by Gasteiger charge is 2.11. The number of rotatable bonds is 4. The number of alkyl carbamates (subject to hydrolysis) is 1. The molecule has 1 atom stereocenters. The monoisotopic (exact) mass is 226 g/mol. The molecule has 0 saturated heterocycles. The molecule has 16 heavy (non-hydrogen) atoms. The number of allylic oxidation sites excluding steroid dienone is 1. The van der Waals surface area contributed by atoms with Crippen molar-refractivity contribution in [1.82, 2.24) is 5.32 Å². The summed E-state index contributed by atoms with van der Waals surface area (Å²) >= 11 is 0. The Morgan fingerprint density at radius 3 is 3.12 bits per heavy atom. The molecule has 0 saturated carbocycles. The summed E-state index contributed by atoms with van der Waals surface area (Å²) in [6.07, 6.45) is 10.1. The van der Waals surface area contributed by atoms with Crippen LogP contribution in [0.2, 0.25) is 0 Å². The molecule has 0 aliphatic heterocycles. The molecule has 0 aromatic carbocycles. The average Bonchev–Trinajstić information content (AvgIpc) is 2.22. The summed E-state index contributed by atoms with van der Waals surface area (Å²) in [6, 6.07) is 0. The fraction of sp³-hybridized carbons (Fsp3) is 0.750. The first-order valence-corrected chi connectivity index (χ1v) is 6.14. The Bertz CT molecular complexity index is 229. The Hall–Kier alpha value is -1.03. The largest absolute Gasteiger partial charge is 0.442 e. The number of hydrogen-bond donors (Lipinski definition) is 2. The number of ether oxygens (including phenoxy) is 1. The zero-order valence-corrected chi connectivity index (χ0v) is 9.78. The third-order valence-corrected chi connectivity index (χ3v) is 2.62. The summed E-state index contributed by atoms with van der Waals surface area (Å²) in [7, 11) is 0. The summed E-state index contributed by atoms with van der Waals surface area (Å²) in [5.74, 6) is 0. The lowest BCUT2D eigenvalue weighted by Gasteiger charge is -2.16. The molecule has 1 amide bonds. The van der Waals surface area contributed by atoms with Crippen molar-refractivity contribution in [2.45, 2.75) is 44.6 Å². The maximum atomic E-state index is 11.4. The maximum Gasteiger partial charge on any atom is 0.407 e. The van der Waals surface area contributed by atoms with Crippen molar-refractivity contribution in [2.24, 2.45) is 5.73 Å². The lowest BCUT2D eigenvalue weighted by atomic mass is 10.0. The van der Waals surface area contributed by atoms with E-state index < -0.39 is 0 Å². The van der Waals surface area contributed by atoms with Crippen molar-refractivity contribution in [3.8, 4) is 0 Å². The molecule has 1 aliphatic carbocycles. The smallest absolute Gasteiger partial charge is 0.407 e. The second-order valence-corrected chi connectivity index (χ2v) is 4.08. The van der Waals surface area contributed by atoms with Gasteiger partial charge in [-0.1, -0.05) is 12.5 Å². The van der Waals surface area contributed by atoms with Gasteiger partial charge in [0, 0.05) is 6.54 Å². The molecule has 0 radical (unpaired) electrons. The summed E-state index contributed by atoms with van der Waals surface area (Å²) in [4.78, 5) is 11.4. The van der Waals surface area contributed by atoms with Crippen molar-refractivity contribution in [3.63, 3.8) is 0 Å². The van der Waals surface area contributed by atoms with Crippen LogP contribution in [-0.2, 0) is 4.74 Å². The Labute approximate surface area is 97.2 Å². The summed E-state index contributed by atoms with van der Waals surface area (Å²) in [5, 5.41) is 2.69. The fourth-order valence-electron chi connectivity index (χ4n) is 1.70. The van der Waals surface area contributed by atoms with Crippen LogP contribution in [0.15, 0.2) is 12.2 Å². The van der Waals surface area contributed by atoms with Crippen LogP contribution in [0.3, 0.4) is 0 Å². The standard InChI is InChI=1S/C12H22N2O2/c13-9-6-10-14-12(15)16-11-7-4-2-1-3-5-8-11/h4,7,11H,1-3,5-6,8-10,13H2,(H,14,15)/b7-4+. The second kappa shape index (κ2) is 8.16. The van der Waals surface area contributed by atoms with Gasteiger partial charge in [0.2, 0.25) is 0 Å². The van der Waals surface area contributed by atoms with Crippen LogP contribution >= 0.6 is 0 Å². The molecule has 0 aromatic heterocycles. The van der Waals surface area contributed by atoms with Gasteiger partial charge in [-0.2, -0.15) is 0 Å². The highest BCUT2D eigenvalue weighted by atomic mass is 16.6. The summed E-state index contributed by atoms with van der Waals surface area (Å²) in [6.45, 7) is 1.18. The quantitative estimate of drug-likeness (QED) is 0.569. The molecule has 0 bridgehead atoms. The Kier molecular flexibility index (Phi) is 6.65. The van der Waals surface area contributed by atoms with Crippen LogP contribution in [0.1, 0.15) is 38.5 Å². The molecule has 4 nitrogen and oxygen atoms in total. The van der Waals surface area contributed by atoms with E-state index in [1.54, 1.807) is 0 Å². The van der Waals surface area contributed by atoms with Crippen LogP contribution < -0.4 is 11.1 Å². The van der Waals surface area contributed by atoms with E-state index in [9.17, 15) is 4.79 Å². The topological polar surface area (TPSA) is 64.3 Å². The van der Waals surface area contributed by atoms with Gasteiger partial charge in [-0.05, 0) is 44.7 Å². The van der Waals surface area contributed by atoms with Crippen LogP contribution in [-0.4, -0.2) is 25.3 Å². The Morgan fingerprint density at radius 1 is 1.44 bits per heavy atom. The van der Waals surface area contributed by atoms with E-state index in [0.29, 0.717) is 13.1 Å². The molecule has 1 rings (SSSR count). The zero-order valence-electron chi connectivity index (χ0n) is 9.78. The van der Waals surface area contributed by atoms with Gasteiger partial charge in [0.15, 0.2) is 0 Å². The highest BCUT2D eigenvalue weighted by Crippen LogP contribution is 2.14. The number of carbonyl (C=O) groups excluding carboxylic acids is 1. The minimum absolute atomic E-state index is 0.0572. The first-order chi connectivity index (χ1) is 7.83. The van der Waals surface area contributed by atoms with E-state index in [1.165, 1.54) is 12.8 Å². The Balaban J connectivity index is 2.22. The molecule has 0 heterocycles. The molecule has 0 fully saturated rings. The molecule has 0 spiro atoms. The number of nitrogens with one attached hydrogen (secondary N) is 1. The van der Waals surface area contributed by atoms with Crippen molar-refractivity contribution in [1.29, 1.82) is 0 Å².